The highest BCUT2D eigenvalue weighted by Crippen LogP contribution is 2.20. The topological polar surface area (TPSA) is 98.7 Å². The molecule has 0 spiro atoms. The maximum atomic E-state index is 14.0. The minimum Gasteiger partial charge on any atom is -0.396 e. The van der Waals surface area contributed by atoms with Crippen molar-refractivity contribution in [2.75, 3.05) is 13.2 Å². The quantitative estimate of drug-likeness (QED) is 0.174. The number of amides is 2. The summed E-state index contributed by atoms with van der Waals surface area (Å²) >= 11 is 0. The molecular weight excluding hydrogens is 430 g/mol. The molecule has 1 fully saturated rings. The Morgan fingerprint density at radius 1 is 0.667 bits per heavy atom. The van der Waals surface area contributed by atoms with E-state index < -0.39 is 23.5 Å². The Morgan fingerprint density at radius 3 is 1.42 bits per heavy atom. The fraction of sp³-hybridized carbons (Fsp3) is 0.760. The summed E-state index contributed by atoms with van der Waals surface area (Å²) in [5.41, 5.74) is 0. The van der Waals surface area contributed by atoms with Crippen LogP contribution >= 0.6 is 0 Å². The molecule has 2 amide bonds. The van der Waals surface area contributed by atoms with Crippen molar-refractivity contribution >= 4 is 11.8 Å². The zero-order valence-electron chi connectivity index (χ0n) is 19.8. The van der Waals surface area contributed by atoms with Crippen LogP contribution in [0.3, 0.4) is 0 Å². The van der Waals surface area contributed by atoms with Crippen molar-refractivity contribution in [2.45, 2.75) is 108 Å². The lowest BCUT2D eigenvalue weighted by molar-refractivity contribution is -0.119. The SMILES string of the molecule is O=C(N[C@@H]1CC[C@H](NC(=O)/C(F)=C/CCCCCCCO)C1)/C(F)=C/CCCCCCCO. The third-order valence-electron chi connectivity index (χ3n) is 5.91. The predicted molar refractivity (Wildman–Crippen MR) is 126 cm³/mol. The van der Waals surface area contributed by atoms with Gasteiger partial charge in [-0.05, 0) is 69.9 Å². The van der Waals surface area contributed by atoms with Gasteiger partial charge in [-0.25, -0.2) is 8.78 Å². The van der Waals surface area contributed by atoms with Crippen LogP contribution in [0.25, 0.3) is 0 Å². The number of aliphatic hydroxyl groups is 2. The average molecular weight is 473 g/mol. The molecule has 6 nitrogen and oxygen atoms in total. The van der Waals surface area contributed by atoms with E-state index in [-0.39, 0.29) is 25.3 Å². The lowest BCUT2D eigenvalue weighted by Gasteiger charge is -2.14. The molecule has 0 bridgehead atoms. The van der Waals surface area contributed by atoms with Crippen LogP contribution in [0, 0.1) is 0 Å². The standard InChI is InChI=1S/C25H42F2N2O4/c26-22(13-9-5-1-3-7-11-17-30)24(32)28-20-15-16-21(19-20)29-25(33)23(27)14-10-6-2-4-8-12-18-31/h13-14,20-21,30-31H,1-12,15-19H2,(H,28,32)(H,29,33)/b22-13-,23-14-/t20-,21+. The lowest BCUT2D eigenvalue weighted by atomic mass is 10.1. The largest absolute Gasteiger partial charge is 0.396 e. The van der Waals surface area contributed by atoms with Crippen LogP contribution in [0.4, 0.5) is 8.78 Å². The van der Waals surface area contributed by atoms with Crippen molar-refractivity contribution in [3.05, 3.63) is 23.8 Å². The first kappa shape index (κ1) is 29.2. The van der Waals surface area contributed by atoms with Gasteiger partial charge in [0.25, 0.3) is 11.8 Å². The molecule has 1 aliphatic rings. The molecule has 1 rings (SSSR count). The summed E-state index contributed by atoms with van der Waals surface area (Å²) in [6, 6.07) is -0.488. The van der Waals surface area contributed by atoms with E-state index in [0.717, 1.165) is 64.2 Å². The van der Waals surface area contributed by atoms with Gasteiger partial charge in [-0.3, -0.25) is 9.59 Å². The Morgan fingerprint density at radius 2 is 1.03 bits per heavy atom. The molecule has 4 N–H and O–H groups in total. The summed E-state index contributed by atoms with van der Waals surface area (Å²) in [5.74, 6) is -3.05. The molecule has 190 valence electrons. The molecular formula is C25H42F2N2O4. The Hall–Kier alpha value is -1.80. The van der Waals surface area contributed by atoms with E-state index in [1.807, 2.05) is 0 Å². The molecule has 0 aliphatic heterocycles. The van der Waals surface area contributed by atoms with Crippen LogP contribution in [-0.2, 0) is 9.59 Å². The number of halogens is 2. The number of hydrogen-bond donors (Lipinski definition) is 4. The van der Waals surface area contributed by atoms with E-state index in [1.165, 1.54) is 12.2 Å². The molecule has 0 radical (unpaired) electrons. The first-order valence-corrected chi connectivity index (χ1v) is 12.5. The molecule has 0 aromatic rings. The van der Waals surface area contributed by atoms with Gasteiger partial charge >= 0.3 is 0 Å². The maximum absolute atomic E-state index is 14.0. The maximum Gasteiger partial charge on any atom is 0.279 e. The third kappa shape index (κ3) is 14.1. The second kappa shape index (κ2) is 18.6. The highest BCUT2D eigenvalue weighted by Gasteiger charge is 2.28. The normalized spacial score (nSPS) is 19.0. The van der Waals surface area contributed by atoms with E-state index in [0.29, 0.717) is 32.1 Å². The Bertz CT molecular complexity index is 574. The van der Waals surface area contributed by atoms with Gasteiger partial charge in [0.05, 0.1) is 0 Å². The van der Waals surface area contributed by atoms with Crippen LogP contribution in [0.2, 0.25) is 0 Å². The predicted octanol–water partition coefficient (Wildman–Crippen LogP) is 4.51. The van der Waals surface area contributed by atoms with Gasteiger partial charge in [0.1, 0.15) is 0 Å². The monoisotopic (exact) mass is 472 g/mol. The van der Waals surface area contributed by atoms with Crippen LogP contribution in [-0.4, -0.2) is 47.3 Å². The van der Waals surface area contributed by atoms with Crippen molar-refractivity contribution in [3.8, 4) is 0 Å². The van der Waals surface area contributed by atoms with Crippen molar-refractivity contribution in [1.29, 1.82) is 0 Å². The van der Waals surface area contributed by atoms with Crippen molar-refractivity contribution in [3.63, 3.8) is 0 Å². The number of nitrogens with one attached hydrogen (secondary N) is 2. The zero-order valence-corrected chi connectivity index (χ0v) is 19.8. The number of unbranched alkanes of at least 4 members (excludes halogenated alkanes) is 10. The number of carbonyl (C=O) groups is 2. The van der Waals surface area contributed by atoms with Gasteiger partial charge in [-0.2, -0.15) is 0 Å². The molecule has 0 aromatic heterocycles. The van der Waals surface area contributed by atoms with Gasteiger partial charge in [-0.15, -0.1) is 0 Å². The number of allylic oxidation sites excluding steroid dienone is 2. The molecule has 0 saturated heterocycles. The van der Waals surface area contributed by atoms with Gasteiger partial charge in [0.15, 0.2) is 11.7 Å². The fourth-order valence-electron chi connectivity index (χ4n) is 3.97. The number of rotatable bonds is 18. The molecule has 0 aromatic carbocycles. The highest BCUT2D eigenvalue weighted by atomic mass is 19.1. The van der Waals surface area contributed by atoms with E-state index in [4.69, 9.17) is 10.2 Å². The molecule has 0 unspecified atom stereocenters. The first-order chi connectivity index (χ1) is 16.0. The van der Waals surface area contributed by atoms with E-state index in [1.54, 1.807) is 0 Å². The fourth-order valence-corrected chi connectivity index (χ4v) is 3.97. The molecule has 1 aliphatic carbocycles. The first-order valence-electron chi connectivity index (χ1n) is 12.5. The van der Waals surface area contributed by atoms with Crippen LogP contribution < -0.4 is 10.6 Å². The summed E-state index contributed by atoms with van der Waals surface area (Å²) < 4.78 is 28.0. The summed E-state index contributed by atoms with van der Waals surface area (Å²) in [6.45, 7) is 0.388. The molecule has 33 heavy (non-hydrogen) atoms. The summed E-state index contributed by atoms with van der Waals surface area (Å²) in [6.07, 6.45) is 14.2. The zero-order chi connectivity index (χ0) is 24.3. The van der Waals surface area contributed by atoms with E-state index in [9.17, 15) is 18.4 Å². The molecule has 0 heterocycles. The van der Waals surface area contributed by atoms with E-state index >= 15 is 0 Å². The van der Waals surface area contributed by atoms with Gasteiger partial charge in [0.2, 0.25) is 0 Å². The average Bonchev–Trinajstić information content (AvgIpc) is 3.23. The summed E-state index contributed by atoms with van der Waals surface area (Å²) in [5, 5.41) is 22.8. The second-order valence-electron chi connectivity index (χ2n) is 8.82. The number of carbonyl (C=O) groups excluding carboxylic acids is 2. The minimum absolute atomic E-state index is 0.194. The van der Waals surface area contributed by atoms with Crippen molar-refractivity contribution in [1.82, 2.24) is 10.6 Å². The van der Waals surface area contributed by atoms with Crippen molar-refractivity contribution < 1.29 is 28.6 Å². The van der Waals surface area contributed by atoms with Crippen LogP contribution in [0.1, 0.15) is 96.3 Å². The summed E-state index contributed by atoms with van der Waals surface area (Å²) in [4.78, 5) is 24.0. The molecule has 8 heteroatoms. The van der Waals surface area contributed by atoms with E-state index in [2.05, 4.69) is 10.6 Å². The van der Waals surface area contributed by atoms with Crippen molar-refractivity contribution in [2.24, 2.45) is 0 Å². The third-order valence-corrected chi connectivity index (χ3v) is 5.91. The Kier molecular flexibility index (Phi) is 16.5. The Labute approximate surface area is 196 Å². The second-order valence-corrected chi connectivity index (χ2v) is 8.82. The Balaban J connectivity index is 2.23. The van der Waals surface area contributed by atoms with Gasteiger partial charge in [0, 0.05) is 25.3 Å². The number of aliphatic hydroxyl groups excluding tert-OH is 2. The summed E-state index contributed by atoms with van der Waals surface area (Å²) in [7, 11) is 0. The molecule has 1 saturated carbocycles. The van der Waals surface area contributed by atoms with Gasteiger partial charge in [-0.1, -0.05) is 38.5 Å². The molecule has 2 atom stereocenters. The number of hydrogen-bond acceptors (Lipinski definition) is 4. The van der Waals surface area contributed by atoms with Crippen LogP contribution in [0.15, 0.2) is 23.8 Å². The smallest absolute Gasteiger partial charge is 0.279 e. The van der Waals surface area contributed by atoms with Gasteiger partial charge < -0.3 is 20.8 Å². The lowest BCUT2D eigenvalue weighted by Crippen LogP contribution is -2.37. The highest BCUT2D eigenvalue weighted by molar-refractivity contribution is 5.92. The van der Waals surface area contributed by atoms with Crippen LogP contribution in [0.5, 0.6) is 0 Å². The minimum atomic E-state index is -0.789.